The van der Waals surface area contributed by atoms with Gasteiger partial charge in [-0.2, -0.15) is 26.3 Å². The second-order valence-electron chi connectivity index (χ2n) is 13.9. The molecule has 3 aliphatic rings. The Balaban J connectivity index is 0.000000220. The summed E-state index contributed by atoms with van der Waals surface area (Å²) in [6, 6.07) is 21.0. The molecule has 7 rings (SSSR count). The minimum atomic E-state index is -4.83. The Labute approximate surface area is 296 Å². The minimum absolute atomic E-state index is 0.127. The zero-order chi connectivity index (χ0) is 37.3. The Morgan fingerprint density at radius 2 is 1.46 bits per heavy atom. The van der Waals surface area contributed by atoms with Crippen LogP contribution >= 0.6 is 0 Å². The Morgan fingerprint density at radius 3 is 2.10 bits per heavy atom. The molecule has 8 nitrogen and oxygen atoms in total. The Hall–Kier alpha value is -4.27. The van der Waals surface area contributed by atoms with Gasteiger partial charge in [-0.05, 0) is 72.5 Å². The molecular formula is C38H40F6N4O4. The van der Waals surface area contributed by atoms with Crippen molar-refractivity contribution in [2.75, 3.05) is 39.4 Å². The lowest BCUT2D eigenvalue weighted by molar-refractivity contribution is -0.234. The number of rotatable bonds is 8. The first-order valence-electron chi connectivity index (χ1n) is 17.2. The van der Waals surface area contributed by atoms with E-state index in [4.69, 9.17) is 20.6 Å². The molecule has 1 saturated carbocycles. The van der Waals surface area contributed by atoms with Crippen LogP contribution in [-0.2, 0) is 27.3 Å². The summed E-state index contributed by atoms with van der Waals surface area (Å²) in [5.41, 5.74) is 6.68. The number of alkyl halides is 6. The lowest BCUT2D eigenvalue weighted by atomic mass is 9.77. The van der Waals surface area contributed by atoms with E-state index in [0.717, 1.165) is 64.2 Å². The number of amides is 1. The highest BCUT2D eigenvalue weighted by Gasteiger charge is 2.60. The maximum Gasteiger partial charge on any atom is 0.403 e. The fourth-order valence-corrected chi connectivity index (χ4v) is 7.47. The van der Waals surface area contributed by atoms with E-state index < -0.39 is 62.1 Å². The summed E-state index contributed by atoms with van der Waals surface area (Å²) >= 11 is 0. The number of aryl methyl sites for hydroxylation is 1. The number of nitrogens with two attached hydrogens (primary N) is 1. The first-order valence-corrected chi connectivity index (χ1v) is 17.2. The number of morpholine rings is 1. The van der Waals surface area contributed by atoms with Crippen LogP contribution in [-0.4, -0.2) is 89.1 Å². The SMILES string of the molecule is NC(=O)C1(C(F)(F)F)CCN(CC(F)(F)F)CC1.O=C(O)CCc1cccc2c(-c3ncc(CN4CCOCC45CC5)c4ccccc34)cccc12. The van der Waals surface area contributed by atoms with Gasteiger partial charge in [0.2, 0.25) is 5.91 Å². The van der Waals surface area contributed by atoms with E-state index in [-0.39, 0.29) is 12.0 Å². The number of benzene rings is 3. The standard InChI is InChI=1S/C29H28N2O3.C9H12F6N2O/c32-27(33)12-11-20-5-3-9-24-22(20)8-4-10-26(24)28-25-7-2-1-6-23(25)21(17-30-28)18-31-15-16-34-19-29(31)13-14-29;10-8(11,12)5-17-3-1-7(2-4-17,6(16)18)9(13,14)15/h1-10,17H,11-16,18-19H2,(H,32,33);1-5H2,(H2,16,18). The normalized spacial score (nSPS) is 19.0. The number of hydrogen-bond acceptors (Lipinski definition) is 6. The number of carboxylic acids is 1. The van der Waals surface area contributed by atoms with E-state index in [1.165, 1.54) is 23.8 Å². The monoisotopic (exact) mass is 730 g/mol. The number of carboxylic acid groups (broad SMARTS) is 1. The van der Waals surface area contributed by atoms with Crippen LogP contribution in [0.2, 0.25) is 0 Å². The molecule has 3 N–H and O–H groups in total. The average Bonchev–Trinajstić information content (AvgIpc) is 3.87. The average molecular weight is 731 g/mol. The highest BCUT2D eigenvalue weighted by Crippen LogP contribution is 2.47. The van der Waals surface area contributed by atoms with Crippen molar-refractivity contribution in [2.24, 2.45) is 11.1 Å². The second kappa shape index (κ2) is 14.6. The predicted octanol–water partition coefficient (Wildman–Crippen LogP) is 7.12. The highest BCUT2D eigenvalue weighted by molar-refractivity contribution is 6.05. The highest BCUT2D eigenvalue weighted by atomic mass is 19.4. The number of carbonyl (C=O) groups excluding carboxylic acids is 1. The number of piperidine rings is 1. The molecule has 52 heavy (non-hydrogen) atoms. The van der Waals surface area contributed by atoms with E-state index in [2.05, 4.69) is 59.6 Å². The number of hydrogen-bond donors (Lipinski definition) is 2. The Morgan fingerprint density at radius 1 is 0.827 bits per heavy atom. The van der Waals surface area contributed by atoms with E-state index in [9.17, 15) is 35.9 Å². The van der Waals surface area contributed by atoms with Gasteiger partial charge < -0.3 is 15.6 Å². The smallest absolute Gasteiger partial charge is 0.403 e. The first-order chi connectivity index (χ1) is 24.6. The van der Waals surface area contributed by atoms with Crippen molar-refractivity contribution < 1.29 is 45.8 Å². The number of fused-ring (bicyclic) bond motifs is 2. The van der Waals surface area contributed by atoms with E-state index >= 15 is 0 Å². The molecule has 0 unspecified atom stereocenters. The van der Waals surface area contributed by atoms with Crippen molar-refractivity contribution in [3.63, 3.8) is 0 Å². The third kappa shape index (κ3) is 7.88. The summed E-state index contributed by atoms with van der Waals surface area (Å²) in [6.45, 7) is 1.32. The number of halogens is 6. The molecule has 278 valence electrons. The fraction of sp³-hybridized carbons (Fsp3) is 0.447. The molecule has 0 atom stereocenters. The molecule has 14 heteroatoms. The minimum Gasteiger partial charge on any atom is -0.481 e. The van der Waals surface area contributed by atoms with Gasteiger partial charge in [-0.1, -0.05) is 60.7 Å². The van der Waals surface area contributed by atoms with E-state index in [0.29, 0.717) is 6.42 Å². The Bertz CT molecular complexity index is 1940. The van der Waals surface area contributed by atoms with Gasteiger partial charge in [-0.3, -0.25) is 24.4 Å². The van der Waals surface area contributed by atoms with Crippen LogP contribution in [0.3, 0.4) is 0 Å². The summed E-state index contributed by atoms with van der Waals surface area (Å²) in [7, 11) is 0. The second-order valence-corrected chi connectivity index (χ2v) is 13.9. The van der Waals surface area contributed by atoms with Crippen LogP contribution in [0.5, 0.6) is 0 Å². The summed E-state index contributed by atoms with van der Waals surface area (Å²) in [5, 5.41) is 13.8. The number of primary amides is 1. The van der Waals surface area contributed by atoms with Crippen LogP contribution in [0.4, 0.5) is 26.3 Å². The third-order valence-corrected chi connectivity index (χ3v) is 10.6. The van der Waals surface area contributed by atoms with Crippen LogP contribution in [0, 0.1) is 5.41 Å². The van der Waals surface area contributed by atoms with Gasteiger partial charge in [0.25, 0.3) is 0 Å². The van der Waals surface area contributed by atoms with Gasteiger partial charge in [0.15, 0.2) is 0 Å². The molecule has 1 amide bonds. The molecule has 3 aromatic carbocycles. The molecule has 3 heterocycles. The number of nitrogens with zero attached hydrogens (tertiary/aromatic N) is 3. The van der Waals surface area contributed by atoms with Crippen LogP contribution in [0.1, 0.15) is 43.2 Å². The maximum atomic E-state index is 12.8. The molecule has 3 fully saturated rings. The number of carbonyl (C=O) groups is 2. The van der Waals surface area contributed by atoms with Crippen molar-refractivity contribution in [3.05, 3.63) is 78.0 Å². The van der Waals surface area contributed by atoms with Crippen LogP contribution in [0.15, 0.2) is 66.9 Å². The summed E-state index contributed by atoms with van der Waals surface area (Å²) in [6.07, 6.45) is -5.63. The molecule has 1 spiro atoms. The van der Waals surface area contributed by atoms with Crippen molar-refractivity contribution in [3.8, 4) is 11.3 Å². The maximum absolute atomic E-state index is 12.8. The zero-order valence-corrected chi connectivity index (χ0v) is 28.4. The quantitative estimate of drug-likeness (QED) is 0.186. The molecule has 1 aliphatic carbocycles. The van der Waals surface area contributed by atoms with Crippen molar-refractivity contribution >= 4 is 33.4 Å². The van der Waals surface area contributed by atoms with Crippen molar-refractivity contribution in [1.82, 2.24) is 14.8 Å². The fourth-order valence-electron chi connectivity index (χ4n) is 7.47. The Kier molecular flexibility index (Phi) is 10.5. The number of ether oxygens (including phenoxy) is 1. The largest absolute Gasteiger partial charge is 0.481 e. The van der Waals surface area contributed by atoms with Crippen molar-refractivity contribution in [2.45, 2.75) is 63.0 Å². The summed E-state index contributed by atoms with van der Waals surface area (Å²) in [5.74, 6) is -2.30. The van der Waals surface area contributed by atoms with Gasteiger partial charge in [0.1, 0.15) is 5.41 Å². The van der Waals surface area contributed by atoms with Gasteiger partial charge in [0, 0.05) is 42.2 Å². The number of pyridine rings is 1. The molecule has 2 saturated heterocycles. The molecular weight excluding hydrogens is 690 g/mol. The first kappa shape index (κ1) is 37.5. The lowest BCUT2D eigenvalue weighted by Gasteiger charge is -2.40. The van der Waals surface area contributed by atoms with E-state index in [1.54, 1.807) is 0 Å². The topological polar surface area (TPSA) is 109 Å². The third-order valence-electron chi connectivity index (χ3n) is 10.6. The predicted molar refractivity (Wildman–Crippen MR) is 183 cm³/mol. The van der Waals surface area contributed by atoms with Gasteiger partial charge >= 0.3 is 18.3 Å². The van der Waals surface area contributed by atoms with Gasteiger partial charge in [-0.15, -0.1) is 0 Å². The van der Waals surface area contributed by atoms with Crippen molar-refractivity contribution in [1.29, 1.82) is 0 Å². The molecule has 0 radical (unpaired) electrons. The number of aromatic nitrogens is 1. The number of likely N-dealkylation sites (tertiary alicyclic amines) is 1. The molecule has 4 aromatic rings. The summed E-state index contributed by atoms with van der Waals surface area (Å²) in [4.78, 5) is 30.6. The lowest BCUT2D eigenvalue weighted by Crippen LogP contribution is -2.56. The summed E-state index contributed by atoms with van der Waals surface area (Å²) < 4.78 is 80.3. The molecule has 2 aliphatic heterocycles. The van der Waals surface area contributed by atoms with Gasteiger partial charge in [-0.25, -0.2) is 0 Å². The molecule has 0 bridgehead atoms. The number of aliphatic carboxylic acids is 1. The molecule has 1 aromatic heterocycles. The zero-order valence-electron chi connectivity index (χ0n) is 28.4. The van der Waals surface area contributed by atoms with Crippen LogP contribution < -0.4 is 5.73 Å². The van der Waals surface area contributed by atoms with E-state index in [1.807, 2.05) is 12.1 Å². The van der Waals surface area contributed by atoms with Gasteiger partial charge in [0.05, 0.1) is 25.5 Å². The van der Waals surface area contributed by atoms with Crippen LogP contribution in [0.25, 0.3) is 32.8 Å².